The molecule has 1 N–H and O–H groups in total. The molecule has 0 saturated heterocycles. The van der Waals surface area contributed by atoms with Crippen molar-refractivity contribution in [1.82, 2.24) is 5.32 Å². The zero-order valence-electron chi connectivity index (χ0n) is 12.6. The average Bonchev–Trinajstić information content (AvgIpc) is 2.45. The van der Waals surface area contributed by atoms with Gasteiger partial charge in [0.2, 0.25) is 0 Å². The van der Waals surface area contributed by atoms with Gasteiger partial charge >= 0.3 is 0 Å². The molecule has 0 amide bonds. The average molecular weight is 277 g/mol. The summed E-state index contributed by atoms with van der Waals surface area (Å²) in [6.45, 7) is 5.74. The first-order chi connectivity index (χ1) is 9.50. The van der Waals surface area contributed by atoms with Crippen LogP contribution in [0.3, 0.4) is 0 Å². The number of rotatable bonds is 8. The SMILES string of the molecule is CCCNC(C)(C#N)CCCN(C)c1ccc(F)cc1. The van der Waals surface area contributed by atoms with Crippen molar-refractivity contribution in [3.05, 3.63) is 30.1 Å². The maximum atomic E-state index is 12.9. The molecule has 20 heavy (non-hydrogen) atoms. The maximum absolute atomic E-state index is 12.9. The summed E-state index contributed by atoms with van der Waals surface area (Å²) in [6.07, 6.45) is 2.73. The molecule has 0 aliphatic carbocycles. The van der Waals surface area contributed by atoms with Crippen molar-refractivity contribution in [3.8, 4) is 6.07 Å². The largest absolute Gasteiger partial charge is 0.375 e. The number of anilines is 1. The second-order valence-corrected chi connectivity index (χ2v) is 5.37. The third-order valence-electron chi connectivity index (χ3n) is 3.45. The summed E-state index contributed by atoms with van der Waals surface area (Å²) in [5.74, 6) is -0.219. The highest BCUT2D eigenvalue weighted by atomic mass is 19.1. The van der Waals surface area contributed by atoms with Crippen molar-refractivity contribution in [2.24, 2.45) is 0 Å². The minimum absolute atomic E-state index is 0.219. The van der Waals surface area contributed by atoms with Crippen LogP contribution in [0.25, 0.3) is 0 Å². The molecule has 3 nitrogen and oxygen atoms in total. The summed E-state index contributed by atoms with van der Waals surface area (Å²) in [5.41, 5.74) is 0.534. The smallest absolute Gasteiger partial charge is 0.123 e. The molecular weight excluding hydrogens is 253 g/mol. The number of nitrogens with one attached hydrogen (secondary N) is 1. The molecule has 0 aromatic heterocycles. The van der Waals surface area contributed by atoms with E-state index in [1.54, 1.807) is 12.1 Å². The van der Waals surface area contributed by atoms with Crippen LogP contribution in [0.5, 0.6) is 0 Å². The highest BCUT2D eigenvalue weighted by Crippen LogP contribution is 2.16. The Morgan fingerprint density at radius 2 is 2.00 bits per heavy atom. The van der Waals surface area contributed by atoms with E-state index in [1.165, 1.54) is 12.1 Å². The van der Waals surface area contributed by atoms with Crippen LogP contribution in [0.2, 0.25) is 0 Å². The highest BCUT2D eigenvalue weighted by Gasteiger charge is 2.21. The van der Waals surface area contributed by atoms with Crippen LogP contribution in [0, 0.1) is 17.1 Å². The Morgan fingerprint density at radius 3 is 2.55 bits per heavy atom. The molecule has 1 unspecified atom stereocenters. The fourth-order valence-electron chi connectivity index (χ4n) is 2.08. The monoisotopic (exact) mass is 277 g/mol. The van der Waals surface area contributed by atoms with Gasteiger partial charge in [-0.05, 0) is 57.0 Å². The van der Waals surface area contributed by atoms with Crippen molar-refractivity contribution in [2.75, 3.05) is 25.0 Å². The minimum atomic E-state index is -0.459. The zero-order valence-corrected chi connectivity index (χ0v) is 12.6. The third kappa shape index (κ3) is 5.18. The molecule has 0 spiro atoms. The quantitative estimate of drug-likeness (QED) is 0.792. The van der Waals surface area contributed by atoms with Crippen LogP contribution in [-0.2, 0) is 0 Å². The van der Waals surface area contributed by atoms with Gasteiger partial charge in [-0.15, -0.1) is 0 Å². The van der Waals surface area contributed by atoms with E-state index in [4.69, 9.17) is 0 Å². The third-order valence-corrected chi connectivity index (χ3v) is 3.45. The molecule has 1 rings (SSSR count). The first-order valence-electron chi connectivity index (χ1n) is 7.14. The topological polar surface area (TPSA) is 39.1 Å². The molecular formula is C16H24FN3. The standard InChI is InChI=1S/C16H24FN3/c1-4-11-19-16(2,13-18)10-5-12-20(3)15-8-6-14(17)7-9-15/h6-9,19H,4-5,10-12H2,1-3H3. The van der Waals surface area contributed by atoms with E-state index in [9.17, 15) is 9.65 Å². The van der Waals surface area contributed by atoms with Crippen LogP contribution in [0.1, 0.15) is 33.1 Å². The number of nitriles is 1. The van der Waals surface area contributed by atoms with Gasteiger partial charge in [0.25, 0.3) is 0 Å². The summed E-state index contributed by atoms with van der Waals surface area (Å²) in [4.78, 5) is 2.08. The number of hydrogen-bond acceptors (Lipinski definition) is 3. The molecule has 0 saturated carbocycles. The van der Waals surface area contributed by atoms with Crippen molar-refractivity contribution < 1.29 is 4.39 Å². The van der Waals surface area contributed by atoms with E-state index in [2.05, 4.69) is 23.2 Å². The fraction of sp³-hybridized carbons (Fsp3) is 0.562. The molecule has 1 aromatic carbocycles. The van der Waals surface area contributed by atoms with Crippen LogP contribution in [0.15, 0.2) is 24.3 Å². The van der Waals surface area contributed by atoms with E-state index < -0.39 is 5.54 Å². The molecule has 0 bridgehead atoms. The van der Waals surface area contributed by atoms with E-state index in [-0.39, 0.29) is 5.82 Å². The molecule has 0 aliphatic heterocycles. The zero-order chi connectivity index (χ0) is 15.0. The van der Waals surface area contributed by atoms with E-state index in [0.717, 1.165) is 38.0 Å². The lowest BCUT2D eigenvalue weighted by atomic mass is 9.97. The second-order valence-electron chi connectivity index (χ2n) is 5.37. The van der Waals surface area contributed by atoms with E-state index >= 15 is 0 Å². The predicted octanol–water partition coefficient (Wildman–Crippen LogP) is 3.32. The molecule has 110 valence electrons. The highest BCUT2D eigenvalue weighted by molar-refractivity contribution is 5.45. The fourth-order valence-corrected chi connectivity index (χ4v) is 2.08. The van der Waals surface area contributed by atoms with Gasteiger partial charge in [0, 0.05) is 19.3 Å². The van der Waals surface area contributed by atoms with Crippen molar-refractivity contribution >= 4 is 5.69 Å². The Bertz CT molecular complexity index is 438. The summed E-state index contributed by atoms with van der Waals surface area (Å²) < 4.78 is 12.9. The Hall–Kier alpha value is -1.60. The normalized spacial score (nSPS) is 13.6. The predicted molar refractivity (Wildman–Crippen MR) is 81.2 cm³/mol. The van der Waals surface area contributed by atoms with Gasteiger partial charge in [-0.25, -0.2) is 4.39 Å². The molecule has 0 aliphatic rings. The first-order valence-corrected chi connectivity index (χ1v) is 7.14. The Morgan fingerprint density at radius 1 is 1.35 bits per heavy atom. The van der Waals surface area contributed by atoms with E-state index in [0.29, 0.717) is 0 Å². The van der Waals surface area contributed by atoms with Gasteiger partial charge in [-0.3, -0.25) is 5.32 Å². The van der Waals surface area contributed by atoms with Gasteiger partial charge in [-0.2, -0.15) is 5.26 Å². The van der Waals surface area contributed by atoms with Crippen LogP contribution < -0.4 is 10.2 Å². The summed E-state index contributed by atoms with van der Waals surface area (Å²) in [6, 6.07) is 8.83. The molecule has 1 atom stereocenters. The molecule has 0 heterocycles. The number of nitrogens with zero attached hydrogens (tertiary/aromatic N) is 2. The lowest BCUT2D eigenvalue weighted by Crippen LogP contribution is -2.41. The van der Waals surface area contributed by atoms with Gasteiger partial charge in [-0.1, -0.05) is 6.92 Å². The Labute approximate surface area is 121 Å². The number of halogens is 1. The van der Waals surface area contributed by atoms with Crippen molar-refractivity contribution in [3.63, 3.8) is 0 Å². The number of hydrogen-bond donors (Lipinski definition) is 1. The van der Waals surface area contributed by atoms with Gasteiger partial charge in [0.15, 0.2) is 0 Å². The summed E-state index contributed by atoms with van der Waals surface area (Å²) in [5, 5.41) is 12.5. The maximum Gasteiger partial charge on any atom is 0.123 e. The minimum Gasteiger partial charge on any atom is -0.375 e. The Balaban J connectivity index is 2.43. The molecule has 4 heteroatoms. The van der Waals surface area contributed by atoms with Crippen LogP contribution in [0.4, 0.5) is 10.1 Å². The summed E-state index contributed by atoms with van der Waals surface area (Å²) in [7, 11) is 1.98. The van der Waals surface area contributed by atoms with Crippen molar-refractivity contribution in [2.45, 2.75) is 38.6 Å². The lowest BCUT2D eigenvalue weighted by Gasteiger charge is -2.25. The first kappa shape index (κ1) is 16.5. The molecule has 0 radical (unpaired) electrons. The molecule has 0 fully saturated rings. The van der Waals surface area contributed by atoms with Crippen molar-refractivity contribution in [1.29, 1.82) is 5.26 Å². The molecule has 1 aromatic rings. The van der Waals surface area contributed by atoms with Gasteiger partial charge < -0.3 is 4.90 Å². The summed E-state index contributed by atoms with van der Waals surface area (Å²) >= 11 is 0. The van der Waals surface area contributed by atoms with Crippen LogP contribution in [-0.4, -0.2) is 25.7 Å². The van der Waals surface area contributed by atoms with Gasteiger partial charge in [0.1, 0.15) is 11.4 Å². The lowest BCUT2D eigenvalue weighted by molar-refractivity contribution is 0.408. The Kier molecular flexibility index (Phi) is 6.47. The number of benzene rings is 1. The second kappa shape index (κ2) is 7.86. The van der Waals surface area contributed by atoms with Crippen LogP contribution >= 0.6 is 0 Å². The van der Waals surface area contributed by atoms with Gasteiger partial charge in [0.05, 0.1) is 6.07 Å². The van der Waals surface area contributed by atoms with E-state index in [1.807, 2.05) is 14.0 Å².